The molecule has 1 fully saturated rings. The largest absolute Gasteiger partial charge is 0.351 e. The highest BCUT2D eigenvalue weighted by atomic mass is 32.2. The number of rotatable bonds is 3. The zero-order chi connectivity index (χ0) is 9.68. The van der Waals surface area contributed by atoms with Gasteiger partial charge in [-0.1, -0.05) is 11.6 Å². The van der Waals surface area contributed by atoms with Crippen LogP contribution in [-0.4, -0.2) is 30.1 Å². The summed E-state index contributed by atoms with van der Waals surface area (Å²) in [6.45, 7) is 4.69. The standard InChI is InChI=1S/C9H16N2OS/c1-7(2)3-4-10-9(12)8-5-13-6-11-8/h3,8,11H,4-6H2,1-2H3,(H,10,12). The van der Waals surface area contributed by atoms with Crippen LogP contribution < -0.4 is 10.6 Å². The molecule has 3 nitrogen and oxygen atoms in total. The van der Waals surface area contributed by atoms with Gasteiger partial charge in [0.1, 0.15) is 0 Å². The monoisotopic (exact) mass is 200 g/mol. The van der Waals surface area contributed by atoms with Crippen molar-refractivity contribution < 1.29 is 4.79 Å². The number of allylic oxidation sites excluding steroid dienone is 1. The van der Waals surface area contributed by atoms with E-state index in [0.717, 1.165) is 11.6 Å². The second-order valence-electron chi connectivity index (χ2n) is 3.30. The van der Waals surface area contributed by atoms with Crippen LogP contribution in [0.15, 0.2) is 11.6 Å². The van der Waals surface area contributed by atoms with E-state index in [1.54, 1.807) is 11.8 Å². The molecule has 0 aromatic heterocycles. The first-order chi connectivity index (χ1) is 6.20. The van der Waals surface area contributed by atoms with Crippen LogP contribution in [-0.2, 0) is 4.79 Å². The minimum Gasteiger partial charge on any atom is -0.351 e. The van der Waals surface area contributed by atoms with Crippen molar-refractivity contribution in [1.82, 2.24) is 10.6 Å². The predicted octanol–water partition coefficient (Wildman–Crippen LogP) is 0.731. The highest BCUT2D eigenvalue weighted by molar-refractivity contribution is 7.99. The van der Waals surface area contributed by atoms with Gasteiger partial charge in [-0.3, -0.25) is 10.1 Å². The van der Waals surface area contributed by atoms with Gasteiger partial charge >= 0.3 is 0 Å². The summed E-state index contributed by atoms with van der Waals surface area (Å²) in [6, 6.07) is 0.00978. The third kappa shape index (κ3) is 3.83. The van der Waals surface area contributed by atoms with E-state index < -0.39 is 0 Å². The molecule has 1 aliphatic heterocycles. The summed E-state index contributed by atoms with van der Waals surface area (Å²) in [6.07, 6.45) is 2.01. The number of carbonyl (C=O) groups is 1. The van der Waals surface area contributed by atoms with Crippen LogP contribution in [0.4, 0.5) is 0 Å². The molecule has 1 atom stereocenters. The molecule has 0 aliphatic carbocycles. The average molecular weight is 200 g/mol. The summed E-state index contributed by atoms with van der Waals surface area (Å²) in [4.78, 5) is 11.4. The number of nitrogens with one attached hydrogen (secondary N) is 2. The Kier molecular flexibility index (Phi) is 4.32. The molecule has 1 heterocycles. The van der Waals surface area contributed by atoms with Crippen molar-refractivity contribution in [2.75, 3.05) is 18.2 Å². The van der Waals surface area contributed by atoms with Crippen LogP contribution in [0.3, 0.4) is 0 Å². The van der Waals surface area contributed by atoms with Crippen molar-refractivity contribution in [2.45, 2.75) is 19.9 Å². The quantitative estimate of drug-likeness (QED) is 0.660. The topological polar surface area (TPSA) is 41.1 Å². The molecule has 0 spiro atoms. The molecule has 0 bridgehead atoms. The number of carbonyl (C=O) groups excluding carboxylic acids is 1. The Bertz CT molecular complexity index is 206. The molecular weight excluding hydrogens is 184 g/mol. The molecule has 0 radical (unpaired) electrons. The second-order valence-corrected chi connectivity index (χ2v) is 4.33. The fourth-order valence-electron chi connectivity index (χ4n) is 1.04. The molecule has 1 aliphatic rings. The third-order valence-corrected chi connectivity index (χ3v) is 2.76. The summed E-state index contributed by atoms with van der Waals surface area (Å²) < 4.78 is 0. The van der Waals surface area contributed by atoms with E-state index in [-0.39, 0.29) is 11.9 Å². The Morgan fingerprint density at radius 2 is 2.46 bits per heavy atom. The van der Waals surface area contributed by atoms with Gasteiger partial charge in [-0.25, -0.2) is 0 Å². The number of hydrogen-bond donors (Lipinski definition) is 2. The lowest BCUT2D eigenvalue weighted by Gasteiger charge is -2.08. The van der Waals surface area contributed by atoms with Crippen molar-refractivity contribution in [3.8, 4) is 0 Å². The number of thioether (sulfide) groups is 1. The first-order valence-electron chi connectivity index (χ1n) is 4.42. The highest BCUT2D eigenvalue weighted by Gasteiger charge is 2.21. The van der Waals surface area contributed by atoms with Gasteiger partial charge in [-0.2, -0.15) is 0 Å². The van der Waals surface area contributed by atoms with E-state index in [4.69, 9.17) is 0 Å². The Morgan fingerprint density at radius 1 is 1.69 bits per heavy atom. The molecule has 1 unspecified atom stereocenters. The smallest absolute Gasteiger partial charge is 0.238 e. The molecule has 0 aromatic carbocycles. The van der Waals surface area contributed by atoms with Crippen molar-refractivity contribution in [3.63, 3.8) is 0 Å². The molecule has 74 valence electrons. The van der Waals surface area contributed by atoms with Gasteiger partial charge < -0.3 is 5.32 Å². The minimum absolute atomic E-state index is 0.00978. The van der Waals surface area contributed by atoms with E-state index in [1.165, 1.54) is 5.57 Å². The molecule has 1 rings (SSSR count). The summed E-state index contributed by atoms with van der Waals surface area (Å²) >= 11 is 1.76. The van der Waals surface area contributed by atoms with Crippen LogP contribution in [0.1, 0.15) is 13.8 Å². The Balaban J connectivity index is 2.21. The Labute approximate surface area is 83.3 Å². The maximum atomic E-state index is 11.4. The maximum absolute atomic E-state index is 11.4. The van der Waals surface area contributed by atoms with Crippen LogP contribution in [0.5, 0.6) is 0 Å². The van der Waals surface area contributed by atoms with Crippen molar-refractivity contribution in [2.24, 2.45) is 0 Å². The molecule has 4 heteroatoms. The summed E-state index contributed by atoms with van der Waals surface area (Å²) in [7, 11) is 0. The zero-order valence-electron chi connectivity index (χ0n) is 8.09. The Hall–Kier alpha value is -0.480. The van der Waals surface area contributed by atoms with Gasteiger partial charge in [0.25, 0.3) is 0 Å². The molecule has 1 saturated heterocycles. The van der Waals surface area contributed by atoms with Gasteiger partial charge in [0.2, 0.25) is 5.91 Å². The van der Waals surface area contributed by atoms with E-state index in [2.05, 4.69) is 10.6 Å². The fourth-order valence-corrected chi connectivity index (χ4v) is 1.98. The predicted molar refractivity (Wildman–Crippen MR) is 56.7 cm³/mol. The van der Waals surface area contributed by atoms with Crippen LogP contribution >= 0.6 is 11.8 Å². The van der Waals surface area contributed by atoms with Crippen molar-refractivity contribution in [1.29, 1.82) is 0 Å². The lowest BCUT2D eigenvalue weighted by atomic mass is 10.3. The SMILES string of the molecule is CC(C)=CCNC(=O)C1CSCN1. The van der Waals surface area contributed by atoms with Crippen molar-refractivity contribution in [3.05, 3.63) is 11.6 Å². The van der Waals surface area contributed by atoms with E-state index in [0.29, 0.717) is 6.54 Å². The molecule has 0 aromatic rings. The normalized spacial score (nSPS) is 21.2. The summed E-state index contributed by atoms with van der Waals surface area (Å²) in [5, 5.41) is 5.99. The minimum atomic E-state index is 0.00978. The molecule has 13 heavy (non-hydrogen) atoms. The van der Waals surface area contributed by atoms with Crippen LogP contribution in [0, 0.1) is 0 Å². The fraction of sp³-hybridized carbons (Fsp3) is 0.667. The third-order valence-electron chi connectivity index (χ3n) is 1.82. The molecule has 0 saturated carbocycles. The van der Waals surface area contributed by atoms with Gasteiger partial charge in [-0.05, 0) is 13.8 Å². The Morgan fingerprint density at radius 3 is 3.00 bits per heavy atom. The van der Waals surface area contributed by atoms with Gasteiger partial charge in [0.05, 0.1) is 6.04 Å². The van der Waals surface area contributed by atoms with E-state index in [1.807, 2.05) is 19.9 Å². The van der Waals surface area contributed by atoms with Crippen LogP contribution in [0.25, 0.3) is 0 Å². The van der Waals surface area contributed by atoms with Crippen LogP contribution in [0.2, 0.25) is 0 Å². The van der Waals surface area contributed by atoms with Gasteiger partial charge in [0.15, 0.2) is 0 Å². The molecular formula is C9H16N2OS. The first kappa shape index (κ1) is 10.6. The zero-order valence-corrected chi connectivity index (χ0v) is 8.91. The molecule has 1 amide bonds. The summed E-state index contributed by atoms with van der Waals surface area (Å²) in [5.41, 5.74) is 1.23. The lowest BCUT2D eigenvalue weighted by molar-refractivity contribution is -0.122. The highest BCUT2D eigenvalue weighted by Crippen LogP contribution is 2.08. The number of amides is 1. The number of hydrogen-bond acceptors (Lipinski definition) is 3. The maximum Gasteiger partial charge on any atom is 0.238 e. The summed E-state index contributed by atoms with van der Waals surface area (Å²) in [5.74, 6) is 1.89. The second kappa shape index (κ2) is 5.29. The lowest BCUT2D eigenvalue weighted by Crippen LogP contribution is -2.42. The van der Waals surface area contributed by atoms with Crippen molar-refractivity contribution >= 4 is 17.7 Å². The van der Waals surface area contributed by atoms with Gasteiger partial charge in [0, 0.05) is 18.2 Å². The van der Waals surface area contributed by atoms with Gasteiger partial charge in [-0.15, -0.1) is 11.8 Å². The average Bonchev–Trinajstić information content (AvgIpc) is 2.55. The molecule has 2 N–H and O–H groups in total. The van der Waals surface area contributed by atoms with E-state index in [9.17, 15) is 4.79 Å². The first-order valence-corrected chi connectivity index (χ1v) is 5.58. The van der Waals surface area contributed by atoms with E-state index >= 15 is 0 Å².